The Bertz CT molecular complexity index is 826. The molecule has 0 bridgehead atoms. The van der Waals surface area contributed by atoms with E-state index in [1.807, 2.05) is 37.3 Å². The fourth-order valence-corrected chi connectivity index (χ4v) is 2.88. The molecule has 0 heterocycles. The predicted octanol–water partition coefficient (Wildman–Crippen LogP) is 4.67. The van der Waals surface area contributed by atoms with Crippen LogP contribution in [-0.2, 0) is 14.3 Å². The maximum atomic E-state index is 12.3. The average Bonchev–Trinajstić information content (AvgIpc) is 2.76. The Balaban J connectivity index is 1.79. The number of unbranched alkanes of at least 4 members (excludes halogenated alkanes) is 2. The van der Waals surface area contributed by atoms with Gasteiger partial charge in [-0.15, -0.1) is 0 Å². The monoisotopic (exact) mass is 427 g/mol. The van der Waals surface area contributed by atoms with Gasteiger partial charge in [-0.25, -0.2) is 0 Å². The number of benzene rings is 2. The number of ether oxygens (including phenoxy) is 2. The van der Waals surface area contributed by atoms with Gasteiger partial charge in [-0.2, -0.15) is 0 Å². The normalized spacial score (nSPS) is 10.4. The molecule has 31 heavy (non-hydrogen) atoms. The minimum absolute atomic E-state index is 0.0121. The summed E-state index contributed by atoms with van der Waals surface area (Å²) < 4.78 is 10.9. The van der Waals surface area contributed by atoms with Crippen LogP contribution >= 0.6 is 0 Å². The van der Waals surface area contributed by atoms with Crippen molar-refractivity contribution in [1.82, 2.24) is 0 Å². The van der Waals surface area contributed by atoms with Crippen LogP contribution in [0.5, 0.6) is 5.75 Å². The van der Waals surface area contributed by atoms with Gasteiger partial charge in [0.25, 0.3) is 0 Å². The number of rotatable bonds is 14. The predicted molar refractivity (Wildman–Crippen MR) is 125 cm³/mol. The van der Waals surface area contributed by atoms with Crippen LogP contribution in [0.1, 0.15) is 39.5 Å². The van der Waals surface area contributed by atoms with Gasteiger partial charge in [-0.3, -0.25) is 9.59 Å². The second-order valence-corrected chi connectivity index (χ2v) is 7.06. The van der Waals surface area contributed by atoms with Gasteiger partial charge in [0.05, 0.1) is 13.2 Å². The molecule has 0 aromatic heterocycles. The molecule has 0 unspecified atom stereocenters. The molecule has 0 atom stereocenters. The van der Waals surface area contributed by atoms with E-state index in [2.05, 4.69) is 22.9 Å². The van der Waals surface area contributed by atoms with Crippen molar-refractivity contribution in [3.05, 3.63) is 48.5 Å². The third-order valence-corrected chi connectivity index (χ3v) is 4.43. The molecule has 0 aliphatic rings. The second-order valence-electron chi connectivity index (χ2n) is 7.06. The third kappa shape index (κ3) is 10.00. The maximum absolute atomic E-state index is 12.3. The quantitative estimate of drug-likeness (QED) is 0.381. The number of carbonyl (C=O) groups excluding carboxylic acids is 2. The van der Waals surface area contributed by atoms with E-state index in [0.717, 1.165) is 24.9 Å². The van der Waals surface area contributed by atoms with Crippen LogP contribution in [0.3, 0.4) is 0 Å². The van der Waals surface area contributed by atoms with Crippen molar-refractivity contribution in [3.8, 4) is 5.75 Å². The zero-order valence-electron chi connectivity index (χ0n) is 18.4. The van der Waals surface area contributed by atoms with E-state index in [4.69, 9.17) is 9.47 Å². The molecule has 0 aliphatic carbocycles. The summed E-state index contributed by atoms with van der Waals surface area (Å²) in [5.41, 5.74) is 2.09. The molecule has 2 aromatic carbocycles. The van der Waals surface area contributed by atoms with Crippen LogP contribution in [0.2, 0.25) is 0 Å². The van der Waals surface area contributed by atoms with E-state index in [-0.39, 0.29) is 18.4 Å². The smallest absolute Gasteiger partial charge is 0.243 e. The fourth-order valence-electron chi connectivity index (χ4n) is 2.88. The molecule has 3 N–H and O–H groups in total. The first-order chi connectivity index (χ1) is 15.1. The van der Waals surface area contributed by atoms with Gasteiger partial charge in [-0.05, 0) is 43.7 Å². The number of amides is 2. The van der Waals surface area contributed by atoms with Crippen molar-refractivity contribution in [2.45, 2.75) is 39.5 Å². The standard InChI is InChI=1S/C24H33N3O4/c1-3-5-6-13-23(28)26-20-10-7-11-21(16-20)27-24(29)18-25-19-9-8-12-22(17-19)31-15-14-30-4-2/h7-12,16-17,25H,3-6,13-15,18H2,1-2H3,(H,26,28)(H,27,29). The summed E-state index contributed by atoms with van der Waals surface area (Å²) in [5.74, 6) is 0.517. The van der Waals surface area contributed by atoms with Crippen LogP contribution in [0, 0.1) is 0 Å². The molecular formula is C24H33N3O4. The van der Waals surface area contributed by atoms with E-state index in [1.54, 1.807) is 18.2 Å². The Labute approximate surface area is 184 Å². The lowest BCUT2D eigenvalue weighted by molar-refractivity contribution is -0.116. The summed E-state index contributed by atoms with van der Waals surface area (Å²) in [6.07, 6.45) is 3.50. The molecule has 2 rings (SSSR count). The molecule has 0 fully saturated rings. The first kappa shape index (κ1) is 24.2. The average molecular weight is 428 g/mol. The van der Waals surface area contributed by atoms with Crippen molar-refractivity contribution in [2.75, 3.05) is 42.3 Å². The van der Waals surface area contributed by atoms with Crippen molar-refractivity contribution in [3.63, 3.8) is 0 Å². The van der Waals surface area contributed by atoms with E-state index >= 15 is 0 Å². The highest BCUT2D eigenvalue weighted by Crippen LogP contribution is 2.18. The molecule has 7 nitrogen and oxygen atoms in total. The van der Waals surface area contributed by atoms with Crippen molar-refractivity contribution in [1.29, 1.82) is 0 Å². The van der Waals surface area contributed by atoms with Gasteiger partial charge in [0.2, 0.25) is 11.8 Å². The summed E-state index contributed by atoms with van der Waals surface area (Å²) in [6.45, 7) is 5.83. The third-order valence-electron chi connectivity index (χ3n) is 4.43. The maximum Gasteiger partial charge on any atom is 0.243 e. The Morgan fingerprint density at radius 2 is 1.55 bits per heavy atom. The van der Waals surface area contributed by atoms with Crippen LogP contribution in [0.15, 0.2) is 48.5 Å². The number of nitrogens with one attached hydrogen (secondary N) is 3. The summed E-state index contributed by atoms with van der Waals surface area (Å²) in [5, 5.41) is 8.80. The van der Waals surface area contributed by atoms with Gasteiger partial charge in [0.1, 0.15) is 12.4 Å². The first-order valence-electron chi connectivity index (χ1n) is 10.8. The number of hydrogen-bond donors (Lipinski definition) is 3. The molecule has 0 radical (unpaired) electrons. The molecule has 0 aliphatic heterocycles. The molecule has 7 heteroatoms. The second kappa shape index (κ2) is 14.0. The molecule has 2 aromatic rings. The summed E-state index contributed by atoms with van der Waals surface area (Å²) >= 11 is 0. The minimum Gasteiger partial charge on any atom is -0.491 e. The largest absolute Gasteiger partial charge is 0.491 e. The minimum atomic E-state index is -0.186. The highest BCUT2D eigenvalue weighted by Gasteiger charge is 2.06. The van der Waals surface area contributed by atoms with Crippen LogP contribution < -0.4 is 20.7 Å². The summed E-state index contributed by atoms with van der Waals surface area (Å²) in [4.78, 5) is 24.3. The lowest BCUT2D eigenvalue weighted by Gasteiger charge is -2.11. The fraction of sp³-hybridized carbons (Fsp3) is 0.417. The number of anilines is 3. The molecule has 0 saturated heterocycles. The van der Waals surface area contributed by atoms with Crippen LogP contribution in [0.4, 0.5) is 17.1 Å². The topological polar surface area (TPSA) is 88.7 Å². The highest BCUT2D eigenvalue weighted by molar-refractivity contribution is 5.95. The van der Waals surface area contributed by atoms with E-state index < -0.39 is 0 Å². The van der Waals surface area contributed by atoms with Gasteiger partial charge < -0.3 is 25.4 Å². The zero-order valence-corrected chi connectivity index (χ0v) is 18.4. The number of hydrogen-bond acceptors (Lipinski definition) is 5. The van der Waals surface area contributed by atoms with Crippen LogP contribution in [0.25, 0.3) is 0 Å². The molecule has 2 amide bonds. The van der Waals surface area contributed by atoms with Gasteiger partial charge >= 0.3 is 0 Å². The Kier molecular flexibility index (Phi) is 11.0. The molecule has 0 saturated carbocycles. The van der Waals surface area contributed by atoms with Crippen LogP contribution in [-0.4, -0.2) is 38.2 Å². The van der Waals surface area contributed by atoms with Gasteiger partial charge in [-0.1, -0.05) is 31.9 Å². The lowest BCUT2D eigenvalue weighted by Crippen LogP contribution is -2.22. The lowest BCUT2D eigenvalue weighted by atomic mass is 10.2. The molecule has 0 spiro atoms. The first-order valence-corrected chi connectivity index (χ1v) is 10.8. The Hall–Kier alpha value is -3.06. The summed E-state index contributed by atoms with van der Waals surface area (Å²) in [7, 11) is 0. The van der Waals surface area contributed by atoms with E-state index in [0.29, 0.717) is 43.4 Å². The SMILES string of the molecule is CCCCCC(=O)Nc1cccc(NC(=O)CNc2cccc(OCCOCC)c2)c1. The van der Waals surface area contributed by atoms with E-state index in [1.165, 1.54) is 0 Å². The van der Waals surface area contributed by atoms with Crippen molar-refractivity contribution < 1.29 is 19.1 Å². The summed E-state index contributed by atoms with van der Waals surface area (Å²) in [6, 6.07) is 14.6. The Morgan fingerprint density at radius 1 is 0.839 bits per heavy atom. The van der Waals surface area contributed by atoms with Crippen molar-refractivity contribution in [2.24, 2.45) is 0 Å². The molecular weight excluding hydrogens is 394 g/mol. The number of carbonyl (C=O) groups is 2. The van der Waals surface area contributed by atoms with Crippen molar-refractivity contribution >= 4 is 28.9 Å². The molecule has 168 valence electrons. The van der Waals surface area contributed by atoms with Gasteiger partial charge in [0, 0.05) is 36.2 Å². The van der Waals surface area contributed by atoms with Gasteiger partial charge in [0.15, 0.2) is 0 Å². The highest BCUT2D eigenvalue weighted by atomic mass is 16.5. The van der Waals surface area contributed by atoms with E-state index in [9.17, 15) is 9.59 Å². The Morgan fingerprint density at radius 3 is 2.29 bits per heavy atom. The zero-order chi connectivity index (χ0) is 22.3.